The molecule has 1 N–H and O–H groups in total. The first-order valence-corrected chi connectivity index (χ1v) is 7.57. The van der Waals surface area contributed by atoms with Gasteiger partial charge in [0.05, 0.1) is 11.4 Å². The molecule has 0 radical (unpaired) electrons. The summed E-state index contributed by atoms with van der Waals surface area (Å²) in [4.78, 5) is 4.36. The van der Waals surface area contributed by atoms with Crippen LogP contribution in [-0.4, -0.2) is 12.4 Å². The van der Waals surface area contributed by atoms with Crippen LogP contribution in [0.1, 0.15) is 24.0 Å². The molecule has 0 unspecified atom stereocenters. The molecule has 0 saturated heterocycles. The van der Waals surface area contributed by atoms with Crippen molar-refractivity contribution in [2.24, 2.45) is 4.99 Å². The van der Waals surface area contributed by atoms with E-state index in [2.05, 4.69) is 10.3 Å². The molecular formula is C18H18ClF3N2. The van der Waals surface area contributed by atoms with Gasteiger partial charge in [0.2, 0.25) is 0 Å². The van der Waals surface area contributed by atoms with E-state index in [1.54, 1.807) is 6.07 Å². The summed E-state index contributed by atoms with van der Waals surface area (Å²) in [5.74, 6) is 0.976. The molecule has 6 heteroatoms. The van der Waals surface area contributed by atoms with Gasteiger partial charge in [-0.1, -0.05) is 36.4 Å². The summed E-state index contributed by atoms with van der Waals surface area (Å²) in [6, 6.07) is 13.0. The van der Waals surface area contributed by atoms with Crippen molar-refractivity contribution in [2.75, 3.05) is 6.54 Å². The summed E-state index contributed by atoms with van der Waals surface area (Å²) in [6.07, 6.45) is -2.34. The molecule has 0 spiro atoms. The third-order valence-corrected chi connectivity index (χ3v) is 3.88. The average Bonchev–Trinajstić information content (AvgIpc) is 3.06. The van der Waals surface area contributed by atoms with Crippen molar-refractivity contribution in [1.82, 2.24) is 5.32 Å². The molecule has 1 aliphatic heterocycles. The first-order chi connectivity index (χ1) is 11.0. The van der Waals surface area contributed by atoms with Gasteiger partial charge in [0.1, 0.15) is 0 Å². The van der Waals surface area contributed by atoms with Gasteiger partial charge >= 0.3 is 6.18 Å². The topological polar surface area (TPSA) is 24.4 Å². The van der Waals surface area contributed by atoms with Gasteiger partial charge in [-0.3, -0.25) is 4.99 Å². The second-order valence-electron chi connectivity index (χ2n) is 5.52. The third-order valence-electron chi connectivity index (χ3n) is 3.88. The van der Waals surface area contributed by atoms with E-state index >= 15 is 0 Å². The van der Waals surface area contributed by atoms with E-state index < -0.39 is 11.7 Å². The molecule has 1 heterocycles. The Morgan fingerprint density at radius 2 is 1.83 bits per heavy atom. The number of aliphatic imine (C=N–C) groups is 1. The maximum atomic E-state index is 12.9. The number of hydrogen-bond acceptors (Lipinski definition) is 2. The Bertz CT molecular complexity index is 726. The Balaban J connectivity index is 0.00000208. The molecule has 3 rings (SSSR count). The summed E-state index contributed by atoms with van der Waals surface area (Å²) in [5.41, 5.74) is 1.72. The molecule has 24 heavy (non-hydrogen) atoms. The second kappa shape index (κ2) is 7.71. The molecule has 0 bridgehead atoms. The van der Waals surface area contributed by atoms with Crippen LogP contribution in [0.4, 0.5) is 13.2 Å². The maximum absolute atomic E-state index is 12.9. The Morgan fingerprint density at radius 3 is 2.54 bits per heavy atom. The fraction of sp³-hybridized carbons (Fsp3) is 0.278. The zero-order valence-electron chi connectivity index (χ0n) is 12.9. The number of amidine groups is 1. The Kier molecular flexibility index (Phi) is 5.89. The largest absolute Gasteiger partial charge is 0.416 e. The van der Waals surface area contributed by atoms with Gasteiger partial charge in [0, 0.05) is 19.5 Å². The van der Waals surface area contributed by atoms with Gasteiger partial charge in [0.15, 0.2) is 0 Å². The maximum Gasteiger partial charge on any atom is 0.416 e. The molecule has 0 amide bonds. The van der Waals surface area contributed by atoms with Gasteiger partial charge in [-0.15, -0.1) is 12.4 Å². The first kappa shape index (κ1) is 18.3. The van der Waals surface area contributed by atoms with Crippen molar-refractivity contribution in [3.8, 4) is 11.1 Å². The summed E-state index contributed by atoms with van der Waals surface area (Å²) < 4.78 is 38.7. The zero-order valence-corrected chi connectivity index (χ0v) is 13.8. The van der Waals surface area contributed by atoms with Crippen LogP contribution in [0.25, 0.3) is 11.1 Å². The van der Waals surface area contributed by atoms with Crippen LogP contribution < -0.4 is 5.32 Å². The molecule has 2 aromatic carbocycles. The molecule has 1 aliphatic rings. The normalized spacial score (nSPS) is 14.0. The predicted octanol–water partition coefficient (Wildman–Crippen LogP) is 5.08. The van der Waals surface area contributed by atoms with E-state index in [0.29, 0.717) is 12.1 Å². The summed E-state index contributed by atoms with van der Waals surface area (Å²) >= 11 is 0. The number of benzene rings is 2. The Hall–Kier alpha value is -2.01. The van der Waals surface area contributed by atoms with Crippen molar-refractivity contribution in [1.29, 1.82) is 0 Å². The summed E-state index contributed by atoms with van der Waals surface area (Å²) in [5, 5.41) is 3.28. The van der Waals surface area contributed by atoms with Crippen LogP contribution in [0.5, 0.6) is 0 Å². The standard InChI is InChI=1S/C18H17F3N2.ClH/c19-18(20,21)15-7-3-6-13(11-15)16-8-2-1-5-14(16)12-23-17-9-4-10-22-17;/h1-3,5-8,11H,4,9-10,12H2,(H,22,23);1H. The molecule has 0 saturated carbocycles. The highest BCUT2D eigenvalue weighted by Crippen LogP contribution is 2.33. The Labute approximate surface area is 145 Å². The zero-order chi connectivity index (χ0) is 16.3. The van der Waals surface area contributed by atoms with E-state index in [-0.39, 0.29) is 12.4 Å². The van der Waals surface area contributed by atoms with Gasteiger partial charge < -0.3 is 5.32 Å². The smallest absolute Gasteiger partial charge is 0.370 e. The minimum Gasteiger partial charge on any atom is -0.370 e. The minimum atomic E-state index is -4.33. The number of nitrogens with one attached hydrogen (secondary N) is 1. The molecule has 2 nitrogen and oxygen atoms in total. The molecule has 0 aliphatic carbocycles. The van der Waals surface area contributed by atoms with Gasteiger partial charge in [-0.25, -0.2) is 0 Å². The molecule has 128 valence electrons. The number of nitrogens with zero attached hydrogens (tertiary/aromatic N) is 1. The lowest BCUT2D eigenvalue weighted by molar-refractivity contribution is -0.137. The lowest BCUT2D eigenvalue weighted by atomic mass is 9.98. The quantitative estimate of drug-likeness (QED) is 0.817. The first-order valence-electron chi connectivity index (χ1n) is 7.57. The van der Waals surface area contributed by atoms with Gasteiger partial charge in [-0.05, 0) is 35.2 Å². The number of alkyl halides is 3. The molecule has 0 atom stereocenters. The van der Waals surface area contributed by atoms with Crippen LogP contribution in [0, 0.1) is 0 Å². The lowest BCUT2D eigenvalue weighted by Crippen LogP contribution is -2.21. The molecular weight excluding hydrogens is 337 g/mol. The number of rotatable bonds is 3. The van der Waals surface area contributed by atoms with Crippen LogP contribution in [-0.2, 0) is 12.7 Å². The van der Waals surface area contributed by atoms with E-state index in [9.17, 15) is 13.2 Å². The number of halogens is 4. The fourth-order valence-corrected chi connectivity index (χ4v) is 2.70. The average molecular weight is 355 g/mol. The highest BCUT2D eigenvalue weighted by Gasteiger charge is 2.30. The van der Waals surface area contributed by atoms with Crippen LogP contribution in [0.3, 0.4) is 0 Å². The van der Waals surface area contributed by atoms with Crippen molar-refractivity contribution >= 4 is 18.2 Å². The lowest BCUT2D eigenvalue weighted by Gasteiger charge is -2.13. The van der Waals surface area contributed by atoms with E-state index in [1.165, 1.54) is 12.1 Å². The molecule has 2 aromatic rings. The highest BCUT2D eigenvalue weighted by molar-refractivity contribution is 5.85. The van der Waals surface area contributed by atoms with Crippen molar-refractivity contribution < 1.29 is 13.2 Å². The fourth-order valence-electron chi connectivity index (χ4n) is 2.70. The van der Waals surface area contributed by atoms with Crippen molar-refractivity contribution in [3.63, 3.8) is 0 Å². The Morgan fingerprint density at radius 1 is 1.04 bits per heavy atom. The summed E-state index contributed by atoms with van der Waals surface area (Å²) in [7, 11) is 0. The third kappa shape index (κ3) is 4.29. The SMILES string of the molecule is Cl.FC(F)(F)c1cccc(-c2ccccc2CNC2=NCCC2)c1. The van der Waals surface area contributed by atoms with Crippen molar-refractivity contribution in [2.45, 2.75) is 25.6 Å². The van der Waals surface area contributed by atoms with Gasteiger partial charge in [0.25, 0.3) is 0 Å². The highest BCUT2D eigenvalue weighted by atomic mass is 35.5. The molecule has 0 fully saturated rings. The van der Waals surface area contributed by atoms with E-state index in [1.807, 2.05) is 24.3 Å². The van der Waals surface area contributed by atoms with Crippen LogP contribution in [0.15, 0.2) is 53.5 Å². The summed E-state index contributed by atoms with van der Waals surface area (Å²) in [6.45, 7) is 1.41. The van der Waals surface area contributed by atoms with Crippen molar-refractivity contribution in [3.05, 3.63) is 59.7 Å². The predicted molar refractivity (Wildman–Crippen MR) is 92.5 cm³/mol. The van der Waals surface area contributed by atoms with Crippen LogP contribution >= 0.6 is 12.4 Å². The van der Waals surface area contributed by atoms with Gasteiger partial charge in [-0.2, -0.15) is 13.2 Å². The van der Waals surface area contributed by atoms with E-state index in [0.717, 1.165) is 42.4 Å². The van der Waals surface area contributed by atoms with Crippen LogP contribution in [0.2, 0.25) is 0 Å². The number of hydrogen-bond donors (Lipinski definition) is 1. The second-order valence-corrected chi connectivity index (χ2v) is 5.52. The van der Waals surface area contributed by atoms with E-state index in [4.69, 9.17) is 0 Å². The monoisotopic (exact) mass is 354 g/mol. The molecule has 0 aromatic heterocycles. The minimum absolute atomic E-state index is 0.